The molecule has 0 radical (unpaired) electrons. The van der Waals surface area contributed by atoms with Crippen molar-refractivity contribution in [1.82, 2.24) is 0 Å². The van der Waals surface area contributed by atoms with E-state index in [9.17, 15) is 4.79 Å². The van der Waals surface area contributed by atoms with Gasteiger partial charge in [0.1, 0.15) is 6.10 Å². The highest BCUT2D eigenvalue weighted by molar-refractivity contribution is 5.91. The van der Waals surface area contributed by atoms with Crippen molar-refractivity contribution in [3.63, 3.8) is 0 Å². The molecule has 4 N–H and O–H groups in total. The first-order valence-corrected chi connectivity index (χ1v) is 6.53. The third-order valence-electron chi connectivity index (χ3n) is 3.40. The molecule has 1 fully saturated rings. The minimum atomic E-state index is -0.298. The van der Waals surface area contributed by atoms with E-state index in [1.807, 2.05) is 0 Å². The maximum atomic E-state index is 12.0. The quantitative estimate of drug-likeness (QED) is 0.479. The molecule has 0 heterocycles. The fourth-order valence-electron chi connectivity index (χ4n) is 2.28. The Kier molecular flexibility index (Phi) is 4.07. The number of anilines is 2. The number of benzene rings is 1. The maximum Gasteiger partial charge on any atom is 0.338 e. The van der Waals surface area contributed by atoms with Gasteiger partial charge in [0.2, 0.25) is 0 Å². The second kappa shape index (κ2) is 5.76. The molecule has 1 saturated carbocycles. The van der Waals surface area contributed by atoms with Crippen molar-refractivity contribution in [2.75, 3.05) is 11.5 Å². The van der Waals surface area contributed by atoms with E-state index in [0.29, 0.717) is 16.9 Å². The zero-order valence-electron chi connectivity index (χ0n) is 10.5. The van der Waals surface area contributed by atoms with Crippen molar-refractivity contribution in [1.29, 1.82) is 0 Å². The van der Waals surface area contributed by atoms with Crippen LogP contribution in [0.4, 0.5) is 11.4 Å². The Hall–Kier alpha value is -1.71. The molecule has 0 spiro atoms. The van der Waals surface area contributed by atoms with Gasteiger partial charge in [-0.1, -0.05) is 12.8 Å². The van der Waals surface area contributed by atoms with Gasteiger partial charge in [-0.2, -0.15) is 0 Å². The average molecular weight is 248 g/mol. The van der Waals surface area contributed by atoms with Crippen LogP contribution in [0, 0.1) is 0 Å². The molecule has 18 heavy (non-hydrogen) atoms. The van der Waals surface area contributed by atoms with Gasteiger partial charge in [0.05, 0.1) is 16.9 Å². The highest BCUT2D eigenvalue weighted by Gasteiger charge is 2.18. The summed E-state index contributed by atoms with van der Waals surface area (Å²) >= 11 is 0. The SMILES string of the molecule is Nc1ccc(C(=O)OC2CCCCCC2)cc1N. The van der Waals surface area contributed by atoms with Crippen LogP contribution in [0.25, 0.3) is 0 Å². The number of esters is 1. The average Bonchev–Trinajstić information content (AvgIpc) is 2.61. The fraction of sp³-hybridized carbons (Fsp3) is 0.500. The fourth-order valence-corrected chi connectivity index (χ4v) is 2.28. The normalized spacial score (nSPS) is 17.1. The summed E-state index contributed by atoms with van der Waals surface area (Å²) in [5.41, 5.74) is 12.7. The van der Waals surface area contributed by atoms with E-state index < -0.39 is 0 Å². The summed E-state index contributed by atoms with van der Waals surface area (Å²) in [7, 11) is 0. The smallest absolute Gasteiger partial charge is 0.338 e. The largest absolute Gasteiger partial charge is 0.459 e. The molecule has 0 unspecified atom stereocenters. The first-order chi connectivity index (χ1) is 8.66. The van der Waals surface area contributed by atoms with Crippen LogP contribution in [0.15, 0.2) is 18.2 Å². The minimum absolute atomic E-state index is 0.0544. The van der Waals surface area contributed by atoms with Gasteiger partial charge in [0, 0.05) is 0 Å². The first kappa shape index (κ1) is 12.7. The van der Waals surface area contributed by atoms with E-state index in [-0.39, 0.29) is 12.1 Å². The summed E-state index contributed by atoms with van der Waals surface area (Å²) in [6.07, 6.45) is 6.75. The number of hydrogen-bond donors (Lipinski definition) is 2. The third-order valence-corrected chi connectivity index (χ3v) is 3.40. The Balaban J connectivity index is 1.99. The minimum Gasteiger partial charge on any atom is -0.459 e. The van der Waals surface area contributed by atoms with Gasteiger partial charge >= 0.3 is 5.97 Å². The van der Waals surface area contributed by atoms with Crippen LogP contribution < -0.4 is 11.5 Å². The van der Waals surface area contributed by atoms with Crippen molar-refractivity contribution in [3.05, 3.63) is 23.8 Å². The summed E-state index contributed by atoms with van der Waals surface area (Å²) in [6.45, 7) is 0. The molecule has 1 aromatic rings. The summed E-state index contributed by atoms with van der Waals surface area (Å²) < 4.78 is 5.52. The van der Waals surface area contributed by atoms with Crippen LogP contribution in [-0.2, 0) is 4.74 Å². The molecule has 0 amide bonds. The molecule has 4 nitrogen and oxygen atoms in total. The van der Waals surface area contributed by atoms with Crippen molar-refractivity contribution in [2.24, 2.45) is 0 Å². The van der Waals surface area contributed by atoms with E-state index in [0.717, 1.165) is 25.7 Å². The Morgan fingerprint density at radius 3 is 2.33 bits per heavy atom. The van der Waals surface area contributed by atoms with Crippen molar-refractivity contribution in [2.45, 2.75) is 44.6 Å². The van der Waals surface area contributed by atoms with Crippen molar-refractivity contribution in [3.8, 4) is 0 Å². The molecule has 0 bridgehead atoms. The van der Waals surface area contributed by atoms with Crippen LogP contribution in [-0.4, -0.2) is 12.1 Å². The first-order valence-electron chi connectivity index (χ1n) is 6.53. The van der Waals surface area contributed by atoms with E-state index in [2.05, 4.69) is 0 Å². The molecule has 2 rings (SSSR count). The summed E-state index contributed by atoms with van der Waals surface area (Å²) in [5, 5.41) is 0. The van der Waals surface area contributed by atoms with Crippen LogP contribution >= 0.6 is 0 Å². The summed E-state index contributed by atoms with van der Waals surface area (Å²) in [6, 6.07) is 4.87. The Bertz CT molecular complexity index is 424. The number of ether oxygens (including phenoxy) is 1. The number of nitrogen functional groups attached to an aromatic ring is 2. The van der Waals surface area contributed by atoms with Gasteiger partial charge in [-0.25, -0.2) is 4.79 Å². The number of carbonyl (C=O) groups excluding carboxylic acids is 1. The van der Waals surface area contributed by atoms with Crippen LogP contribution in [0.5, 0.6) is 0 Å². The monoisotopic (exact) mass is 248 g/mol. The van der Waals surface area contributed by atoms with Gasteiger partial charge < -0.3 is 16.2 Å². The molecule has 0 atom stereocenters. The molecule has 0 aromatic heterocycles. The number of carbonyl (C=O) groups is 1. The lowest BCUT2D eigenvalue weighted by Crippen LogP contribution is -2.17. The molecule has 0 saturated heterocycles. The molecule has 0 aliphatic heterocycles. The van der Waals surface area contributed by atoms with E-state index >= 15 is 0 Å². The van der Waals surface area contributed by atoms with Crippen LogP contribution in [0.2, 0.25) is 0 Å². The second-order valence-corrected chi connectivity index (χ2v) is 4.86. The van der Waals surface area contributed by atoms with Crippen molar-refractivity contribution < 1.29 is 9.53 Å². The lowest BCUT2D eigenvalue weighted by Gasteiger charge is -2.15. The predicted molar refractivity (Wildman–Crippen MR) is 72.2 cm³/mol. The number of rotatable bonds is 2. The van der Waals surface area contributed by atoms with Gasteiger partial charge in [-0.05, 0) is 43.9 Å². The lowest BCUT2D eigenvalue weighted by molar-refractivity contribution is 0.0267. The van der Waals surface area contributed by atoms with E-state index in [4.69, 9.17) is 16.2 Å². The third kappa shape index (κ3) is 3.15. The van der Waals surface area contributed by atoms with E-state index in [1.165, 1.54) is 12.8 Å². The van der Waals surface area contributed by atoms with Gasteiger partial charge in [0.15, 0.2) is 0 Å². The predicted octanol–water partition coefficient (Wildman–Crippen LogP) is 2.73. The highest BCUT2D eigenvalue weighted by Crippen LogP contribution is 2.22. The zero-order chi connectivity index (χ0) is 13.0. The molecule has 1 aliphatic rings. The molecular weight excluding hydrogens is 228 g/mol. The summed E-state index contributed by atoms with van der Waals surface area (Å²) in [5.74, 6) is -0.298. The van der Waals surface area contributed by atoms with Gasteiger partial charge in [-0.15, -0.1) is 0 Å². The topological polar surface area (TPSA) is 78.3 Å². The highest BCUT2D eigenvalue weighted by atomic mass is 16.5. The molecule has 98 valence electrons. The molecular formula is C14H20N2O2. The van der Waals surface area contributed by atoms with Crippen LogP contribution in [0.3, 0.4) is 0 Å². The maximum absolute atomic E-state index is 12.0. The Labute approximate surface area is 107 Å². The molecule has 1 aromatic carbocycles. The van der Waals surface area contributed by atoms with Crippen molar-refractivity contribution >= 4 is 17.3 Å². The molecule has 4 heteroatoms. The lowest BCUT2D eigenvalue weighted by atomic mass is 10.1. The second-order valence-electron chi connectivity index (χ2n) is 4.86. The zero-order valence-corrected chi connectivity index (χ0v) is 10.5. The van der Waals surface area contributed by atoms with E-state index in [1.54, 1.807) is 18.2 Å². The number of hydrogen-bond acceptors (Lipinski definition) is 4. The number of nitrogens with two attached hydrogens (primary N) is 2. The Morgan fingerprint density at radius 1 is 1.06 bits per heavy atom. The summed E-state index contributed by atoms with van der Waals surface area (Å²) in [4.78, 5) is 12.0. The molecule has 1 aliphatic carbocycles. The van der Waals surface area contributed by atoms with Gasteiger partial charge in [-0.3, -0.25) is 0 Å². The van der Waals surface area contributed by atoms with Crippen LogP contribution in [0.1, 0.15) is 48.9 Å². The Morgan fingerprint density at radius 2 is 1.72 bits per heavy atom. The van der Waals surface area contributed by atoms with Gasteiger partial charge in [0.25, 0.3) is 0 Å². The standard InChI is InChI=1S/C14H20N2O2/c15-12-8-7-10(9-13(12)16)14(17)18-11-5-3-1-2-4-6-11/h7-9,11H,1-6,15-16H2.